The number of nitrogens with one attached hydrogen (secondary N) is 1. The Morgan fingerprint density at radius 1 is 0.970 bits per heavy atom. The fourth-order valence-corrected chi connectivity index (χ4v) is 4.40. The smallest absolute Gasteiger partial charge is 0.278 e. The molecule has 6 heteroatoms. The Hall–Kier alpha value is -3.12. The molecule has 2 aromatic rings. The number of ether oxygens (including phenoxy) is 1. The first kappa shape index (κ1) is 23.1. The van der Waals surface area contributed by atoms with Crippen LogP contribution in [0.1, 0.15) is 38.7 Å². The van der Waals surface area contributed by atoms with Crippen LogP contribution in [0.15, 0.2) is 60.3 Å². The standard InChI is InChI=1S/C27H33N3O3/c1-3-33-19-7-16-30-26(31)24(21-8-5-4-6-9-21)25(27(30)32)28-22-10-12-23(13-11-22)29-17-14-20(2)15-18-29/h4-6,8-13,20,28H,3,7,14-19H2,1-2H3. The molecule has 0 radical (unpaired) electrons. The van der Waals surface area contributed by atoms with E-state index in [1.165, 1.54) is 23.4 Å². The summed E-state index contributed by atoms with van der Waals surface area (Å²) in [5.74, 6) is 0.238. The van der Waals surface area contributed by atoms with E-state index in [4.69, 9.17) is 4.74 Å². The monoisotopic (exact) mass is 447 g/mol. The van der Waals surface area contributed by atoms with Crippen LogP contribution in [0.3, 0.4) is 0 Å². The normalized spacial score (nSPS) is 17.3. The van der Waals surface area contributed by atoms with Gasteiger partial charge in [0.25, 0.3) is 11.8 Å². The van der Waals surface area contributed by atoms with E-state index in [1.807, 2.05) is 49.4 Å². The molecule has 2 heterocycles. The number of piperidine rings is 1. The molecule has 0 spiro atoms. The maximum absolute atomic E-state index is 13.2. The topological polar surface area (TPSA) is 61.9 Å². The Morgan fingerprint density at radius 3 is 2.33 bits per heavy atom. The van der Waals surface area contributed by atoms with Crippen LogP contribution in [0.5, 0.6) is 0 Å². The van der Waals surface area contributed by atoms with Gasteiger partial charge in [-0.3, -0.25) is 14.5 Å². The largest absolute Gasteiger partial charge is 0.382 e. The Kier molecular flexibility index (Phi) is 7.45. The highest BCUT2D eigenvalue weighted by molar-refractivity contribution is 6.36. The van der Waals surface area contributed by atoms with Gasteiger partial charge in [-0.15, -0.1) is 0 Å². The van der Waals surface area contributed by atoms with Crippen molar-refractivity contribution in [2.24, 2.45) is 5.92 Å². The van der Waals surface area contributed by atoms with Gasteiger partial charge in [-0.1, -0.05) is 37.3 Å². The molecule has 4 rings (SSSR count). The van der Waals surface area contributed by atoms with Gasteiger partial charge in [-0.2, -0.15) is 0 Å². The number of rotatable bonds is 9. The molecular formula is C27H33N3O3. The van der Waals surface area contributed by atoms with Crippen molar-refractivity contribution in [2.45, 2.75) is 33.1 Å². The van der Waals surface area contributed by atoms with E-state index in [0.29, 0.717) is 37.4 Å². The molecule has 0 saturated carbocycles. The summed E-state index contributed by atoms with van der Waals surface area (Å²) in [6.45, 7) is 7.86. The second-order valence-corrected chi connectivity index (χ2v) is 8.77. The van der Waals surface area contributed by atoms with Gasteiger partial charge in [0.1, 0.15) is 5.70 Å². The number of carbonyl (C=O) groups excluding carboxylic acids is 2. The molecule has 2 amide bonds. The third kappa shape index (κ3) is 5.28. The number of amides is 2. The third-order valence-corrected chi connectivity index (χ3v) is 6.39. The van der Waals surface area contributed by atoms with E-state index in [9.17, 15) is 9.59 Å². The lowest BCUT2D eigenvalue weighted by molar-refractivity contribution is -0.137. The molecule has 6 nitrogen and oxygen atoms in total. The van der Waals surface area contributed by atoms with Gasteiger partial charge in [0.05, 0.1) is 5.57 Å². The van der Waals surface area contributed by atoms with E-state index in [-0.39, 0.29) is 11.8 Å². The summed E-state index contributed by atoms with van der Waals surface area (Å²) in [7, 11) is 0. The average Bonchev–Trinajstić information content (AvgIpc) is 3.07. The molecule has 1 N–H and O–H groups in total. The molecule has 0 aromatic heterocycles. The van der Waals surface area contributed by atoms with Crippen molar-refractivity contribution in [3.63, 3.8) is 0 Å². The molecule has 1 fully saturated rings. The summed E-state index contributed by atoms with van der Waals surface area (Å²) in [6, 6.07) is 17.5. The number of anilines is 2. The van der Waals surface area contributed by atoms with Gasteiger partial charge in [-0.05, 0) is 61.9 Å². The van der Waals surface area contributed by atoms with E-state index in [1.54, 1.807) is 0 Å². The Balaban J connectivity index is 1.54. The lowest BCUT2D eigenvalue weighted by Crippen LogP contribution is -2.34. The first-order valence-electron chi connectivity index (χ1n) is 11.9. The second kappa shape index (κ2) is 10.7. The van der Waals surface area contributed by atoms with Crippen molar-refractivity contribution < 1.29 is 14.3 Å². The van der Waals surface area contributed by atoms with Crippen LogP contribution < -0.4 is 10.2 Å². The van der Waals surface area contributed by atoms with Crippen LogP contribution >= 0.6 is 0 Å². The second-order valence-electron chi connectivity index (χ2n) is 8.77. The fraction of sp³-hybridized carbons (Fsp3) is 0.407. The molecule has 0 bridgehead atoms. The van der Waals surface area contributed by atoms with Crippen molar-refractivity contribution in [3.05, 3.63) is 65.9 Å². The zero-order valence-corrected chi connectivity index (χ0v) is 19.5. The van der Waals surface area contributed by atoms with E-state index in [2.05, 4.69) is 29.3 Å². The van der Waals surface area contributed by atoms with Crippen molar-refractivity contribution in [2.75, 3.05) is 43.1 Å². The lowest BCUT2D eigenvalue weighted by Gasteiger charge is -2.32. The highest BCUT2D eigenvalue weighted by Gasteiger charge is 2.38. The molecule has 33 heavy (non-hydrogen) atoms. The zero-order chi connectivity index (χ0) is 23.2. The Bertz CT molecular complexity index is 993. The summed E-state index contributed by atoms with van der Waals surface area (Å²) in [6.07, 6.45) is 3.04. The van der Waals surface area contributed by atoms with Crippen molar-refractivity contribution in [1.82, 2.24) is 4.90 Å². The summed E-state index contributed by atoms with van der Waals surface area (Å²) >= 11 is 0. The minimum Gasteiger partial charge on any atom is -0.382 e. The van der Waals surface area contributed by atoms with Gasteiger partial charge in [0.2, 0.25) is 0 Å². The van der Waals surface area contributed by atoms with Crippen LogP contribution in [0.25, 0.3) is 5.57 Å². The molecule has 2 aromatic carbocycles. The number of carbonyl (C=O) groups is 2. The minimum atomic E-state index is -0.288. The van der Waals surface area contributed by atoms with Crippen molar-refractivity contribution >= 4 is 28.8 Å². The van der Waals surface area contributed by atoms with Crippen molar-refractivity contribution in [1.29, 1.82) is 0 Å². The summed E-state index contributed by atoms with van der Waals surface area (Å²) < 4.78 is 5.38. The molecule has 174 valence electrons. The van der Waals surface area contributed by atoms with Crippen LogP contribution in [-0.4, -0.2) is 49.6 Å². The highest BCUT2D eigenvalue weighted by atomic mass is 16.5. The number of nitrogens with zero attached hydrogens (tertiary/aromatic N) is 2. The number of imide groups is 1. The molecule has 1 saturated heterocycles. The molecule has 2 aliphatic rings. The van der Waals surface area contributed by atoms with E-state index < -0.39 is 0 Å². The van der Waals surface area contributed by atoms with Crippen LogP contribution in [0.4, 0.5) is 11.4 Å². The van der Waals surface area contributed by atoms with Gasteiger partial charge < -0.3 is 15.0 Å². The SMILES string of the molecule is CCOCCCN1C(=O)C(Nc2ccc(N3CCC(C)CC3)cc2)=C(c2ccccc2)C1=O. The van der Waals surface area contributed by atoms with Crippen LogP contribution in [0.2, 0.25) is 0 Å². The lowest BCUT2D eigenvalue weighted by atomic mass is 9.99. The molecule has 0 unspecified atom stereocenters. The quantitative estimate of drug-likeness (QED) is 0.452. The summed E-state index contributed by atoms with van der Waals surface area (Å²) in [5.41, 5.74) is 3.49. The van der Waals surface area contributed by atoms with Gasteiger partial charge in [0, 0.05) is 44.2 Å². The maximum Gasteiger partial charge on any atom is 0.278 e. The predicted octanol–water partition coefficient (Wildman–Crippen LogP) is 4.54. The maximum atomic E-state index is 13.2. The van der Waals surface area contributed by atoms with Crippen molar-refractivity contribution in [3.8, 4) is 0 Å². The van der Waals surface area contributed by atoms with Crippen LogP contribution in [-0.2, 0) is 14.3 Å². The number of hydrogen-bond donors (Lipinski definition) is 1. The summed E-state index contributed by atoms with van der Waals surface area (Å²) in [4.78, 5) is 30.2. The van der Waals surface area contributed by atoms with Crippen LogP contribution in [0, 0.1) is 5.92 Å². The Morgan fingerprint density at radius 2 is 1.67 bits per heavy atom. The van der Waals surface area contributed by atoms with Gasteiger partial charge >= 0.3 is 0 Å². The Labute approximate surface area is 196 Å². The fourth-order valence-electron chi connectivity index (χ4n) is 4.40. The number of benzene rings is 2. The van der Waals surface area contributed by atoms with Gasteiger partial charge in [-0.25, -0.2) is 0 Å². The number of hydrogen-bond acceptors (Lipinski definition) is 5. The first-order chi connectivity index (χ1) is 16.1. The summed E-state index contributed by atoms with van der Waals surface area (Å²) in [5, 5.41) is 3.26. The third-order valence-electron chi connectivity index (χ3n) is 6.39. The van der Waals surface area contributed by atoms with E-state index >= 15 is 0 Å². The van der Waals surface area contributed by atoms with Gasteiger partial charge in [0.15, 0.2) is 0 Å². The molecular weight excluding hydrogens is 414 g/mol. The van der Waals surface area contributed by atoms with E-state index in [0.717, 1.165) is 30.3 Å². The average molecular weight is 448 g/mol. The molecule has 0 atom stereocenters. The molecule has 0 aliphatic carbocycles. The minimum absolute atomic E-state index is 0.260. The highest BCUT2D eigenvalue weighted by Crippen LogP contribution is 2.31. The first-order valence-corrected chi connectivity index (χ1v) is 11.9. The zero-order valence-electron chi connectivity index (χ0n) is 19.5. The predicted molar refractivity (Wildman–Crippen MR) is 132 cm³/mol. The molecule has 2 aliphatic heterocycles.